The standard InChI is InChI=1S/C9H13NO6/c11-7(12)4-5(9(14)15)10-8(13)6-2-1-3-16-6/h5-6H,1-4H2,(H,10,13)(H,11,12)(H,14,15)/t5-,6?/m0/s1. The van der Waals surface area contributed by atoms with Crippen molar-refractivity contribution in [1.82, 2.24) is 5.32 Å². The molecule has 0 aliphatic carbocycles. The van der Waals surface area contributed by atoms with Crippen LogP contribution in [-0.2, 0) is 19.1 Å². The molecule has 1 fully saturated rings. The van der Waals surface area contributed by atoms with Gasteiger partial charge in [0.15, 0.2) is 0 Å². The monoisotopic (exact) mass is 231 g/mol. The van der Waals surface area contributed by atoms with Crippen LogP contribution >= 0.6 is 0 Å². The van der Waals surface area contributed by atoms with Crippen LogP contribution in [0.2, 0.25) is 0 Å². The molecule has 0 aromatic heterocycles. The molecule has 0 aromatic rings. The molecule has 1 saturated heterocycles. The van der Waals surface area contributed by atoms with Crippen molar-refractivity contribution < 1.29 is 29.3 Å². The molecule has 7 heteroatoms. The predicted molar refractivity (Wildman–Crippen MR) is 50.8 cm³/mol. The molecule has 1 heterocycles. The number of carbonyl (C=O) groups excluding carboxylic acids is 1. The van der Waals surface area contributed by atoms with Crippen molar-refractivity contribution in [2.45, 2.75) is 31.4 Å². The van der Waals surface area contributed by atoms with E-state index in [0.717, 1.165) is 6.42 Å². The first-order valence-corrected chi connectivity index (χ1v) is 4.87. The van der Waals surface area contributed by atoms with Crippen molar-refractivity contribution in [2.24, 2.45) is 0 Å². The average Bonchev–Trinajstić information content (AvgIpc) is 2.68. The highest BCUT2D eigenvalue weighted by Crippen LogP contribution is 2.12. The Labute approximate surface area is 91.4 Å². The number of carboxylic acid groups (broad SMARTS) is 2. The molecule has 0 radical (unpaired) electrons. The van der Waals surface area contributed by atoms with Crippen molar-refractivity contribution in [3.8, 4) is 0 Å². The third kappa shape index (κ3) is 3.50. The normalized spacial score (nSPS) is 21.4. The summed E-state index contributed by atoms with van der Waals surface area (Å²) in [5.74, 6) is -3.21. The van der Waals surface area contributed by atoms with E-state index in [1.54, 1.807) is 0 Å². The molecule has 0 bridgehead atoms. The Morgan fingerprint density at radius 3 is 2.50 bits per heavy atom. The third-order valence-corrected chi connectivity index (χ3v) is 2.22. The number of hydrogen-bond donors (Lipinski definition) is 3. The van der Waals surface area contributed by atoms with E-state index in [-0.39, 0.29) is 0 Å². The van der Waals surface area contributed by atoms with E-state index in [9.17, 15) is 14.4 Å². The minimum Gasteiger partial charge on any atom is -0.481 e. The van der Waals surface area contributed by atoms with E-state index in [1.807, 2.05) is 0 Å². The van der Waals surface area contributed by atoms with Gasteiger partial charge < -0.3 is 20.3 Å². The lowest BCUT2D eigenvalue weighted by atomic mass is 10.1. The Kier molecular flexibility index (Phi) is 4.24. The van der Waals surface area contributed by atoms with E-state index in [2.05, 4.69) is 5.32 Å². The summed E-state index contributed by atoms with van der Waals surface area (Å²) < 4.78 is 5.05. The van der Waals surface area contributed by atoms with Gasteiger partial charge in [0.1, 0.15) is 12.1 Å². The second-order valence-electron chi connectivity index (χ2n) is 3.50. The number of carboxylic acids is 2. The lowest BCUT2D eigenvalue weighted by Gasteiger charge is -2.15. The van der Waals surface area contributed by atoms with Gasteiger partial charge in [-0.15, -0.1) is 0 Å². The van der Waals surface area contributed by atoms with Gasteiger partial charge in [-0.2, -0.15) is 0 Å². The second kappa shape index (κ2) is 5.45. The highest BCUT2D eigenvalue weighted by molar-refractivity contribution is 5.88. The van der Waals surface area contributed by atoms with Gasteiger partial charge in [0, 0.05) is 6.61 Å². The largest absolute Gasteiger partial charge is 0.481 e. The summed E-state index contributed by atoms with van der Waals surface area (Å²) in [7, 11) is 0. The number of aliphatic carboxylic acids is 2. The van der Waals surface area contributed by atoms with E-state index >= 15 is 0 Å². The van der Waals surface area contributed by atoms with Crippen LogP contribution in [0.5, 0.6) is 0 Å². The number of ether oxygens (including phenoxy) is 1. The van der Waals surface area contributed by atoms with Gasteiger partial charge >= 0.3 is 11.9 Å². The molecule has 1 unspecified atom stereocenters. The van der Waals surface area contributed by atoms with Crippen LogP contribution in [0.15, 0.2) is 0 Å². The topological polar surface area (TPSA) is 113 Å². The third-order valence-electron chi connectivity index (χ3n) is 2.22. The molecule has 1 aliphatic heterocycles. The van der Waals surface area contributed by atoms with Crippen molar-refractivity contribution in [3.05, 3.63) is 0 Å². The fourth-order valence-corrected chi connectivity index (χ4v) is 1.42. The van der Waals surface area contributed by atoms with Crippen LogP contribution in [0.3, 0.4) is 0 Å². The van der Waals surface area contributed by atoms with E-state index in [4.69, 9.17) is 14.9 Å². The van der Waals surface area contributed by atoms with Crippen LogP contribution in [0.4, 0.5) is 0 Å². The van der Waals surface area contributed by atoms with E-state index < -0.39 is 36.4 Å². The maximum absolute atomic E-state index is 11.4. The van der Waals surface area contributed by atoms with Gasteiger partial charge in [0.25, 0.3) is 0 Å². The SMILES string of the molecule is O=C(O)C[C@H](NC(=O)C1CCCO1)C(=O)O. The van der Waals surface area contributed by atoms with Crippen LogP contribution in [0.25, 0.3) is 0 Å². The zero-order valence-electron chi connectivity index (χ0n) is 8.51. The molecular weight excluding hydrogens is 218 g/mol. The average molecular weight is 231 g/mol. The first-order valence-electron chi connectivity index (χ1n) is 4.87. The minimum atomic E-state index is -1.41. The first-order chi connectivity index (χ1) is 7.50. The zero-order chi connectivity index (χ0) is 12.1. The summed E-state index contributed by atoms with van der Waals surface area (Å²) in [6.07, 6.45) is -0.0241. The van der Waals surface area contributed by atoms with Crippen LogP contribution in [0, 0.1) is 0 Å². The number of carbonyl (C=O) groups is 3. The Morgan fingerprint density at radius 1 is 1.38 bits per heavy atom. The summed E-state index contributed by atoms with van der Waals surface area (Å²) in [5, 5.41) is 19.3. The van der Waals surface area contributed by atoms with Gasteiger partial charge in [-0.1, -0.05) is 0 Å². The van der Waals surface area contributed by atoms with Crippen LogP contribution in [0.1, 0.15) is 19.3 Å². The lowest BCUT2D eigenvalue weighted by molar-refractivity contribution is -0.148. The lowest BCUT2D eigenvalue weighted by Crippen LogP contribution is -2.46. The fourth-order valence-electron chi connectivity index (χ4n) is 1.42. The summed E-state index contributed by atoms with van der Waals surface area (Å²) in [4.78, 5) is 32.5. The van der Waals surface area contributed by atoms with Crippen molar-refractivity contribution in [1.29, 1.82) is 0 Å². The molecule has 1 aliphatic rings. The Morgan fingerprint density at radius 2 is 2.06 bits per heavy atom. The molecular formula is C9H13NO6. The smallest absolute Gasteiger partial charge is 0.326 e. The molecule has 0 saturated carbocycles. The van der Waals surface area contributed by atoms with E-state index in [1.165, 1.54) is 0 Å². The van der Waals surface area contributed by atoms with Gasteiger partial charge in [0.2, 0.25) is 5.91 Å². The molecule has 1 rings (SSSR count). The highest BCUT2D eigenvalue weighted by Gasteiger charge is 2.29. The molecule has 90 valence electrons. The maximum atomic E-state index is 11.4. The first kappa shape index (κ1) is 12.4. The van der Waals surface area contributed by atoms with Crippen LogP contribution in [-0.4, -0.2) is 46.8 Å². The fraction of sp³-hybridized carbons (Fsp3) is 0.667. The summed E-state index contributed by atoms with van der Waals surface area (Å²) in [6, 6.07) is -1.41. The number of rotatable bonds is 5. The molecule has 3 N–H and O–H groups in total. The summed E-state index contributed by atoms with van der Waals surface area (Å²) >= 11 is 0. The number of amides is 1. The molecule has 2 atom stereocenters. The molecule has 7 nitrogen and oxygen atoms in total. The predicted octanol–water partition coefficient (Wildman–Crippen LogP) is -0.790. The summed E-state index contributed by atoms with van der Waals surface area (Å²) in [6.45, 7) is 0.467. The van der Waals surface area contributed by atoms with Crippen LogP contribution < -0.4 is 5.32 Å². The Bertz CT molecular complexity index is 296. The van der Waals surface area contributed by atoms with Gasteiger partial charge in [0.05, 0.1) is 6.42 Å². The Balaban J connectivity index is 2.50. The number of nitrogens with one attached hydrogen (secondary N) is 1. The molecule has 0 spiro atoms. The van der Waals surface area contributed by atoms with Crippen molar-refractivity contribution >= 4 is 17.8 Å². The molecule has 0 aromatic carbocycles. The molecule has 1 amide bonds. The second-order valence-corrected chi connectivity index (χ2v) is 3.50. The highest BCUT2D eigenvalue weighted by atomic mass is 16.5. The zero-order valence-corrected chi connectivity index (χ0v) is 8.51. The molecule has 16 heavy (non-hydrogen) atoms. The maximum Gasteiger partial charge on any atom is 0.326 e. The van der Waals surface area contributed by atoms with Gasteiger partial charge in [-0.25, -0.2) is 4.79 Å². The minimum absolute atomic E-state index is 0.467. The van der Waals surface area contributed by atoms with Gasteiger partial charge in [-0.3, -0.25) is 9.59 Å². The van der Waals surface area contributed by atoms with Crippen molar-refractivity contribution in [3.63, 3.8) is 0 Å². The number of hydrogen-bond acceptors (Lipinski definition) is 4. The summed E-state index contributed by atoms with van der Waals surface area (Å²) in [5.41, 5.74) is 0. The van der Waals surface area contributed by atoms with Crippen molar-refractivity contribution in [2.75, 3.05) is 6.61 Å². The quantitative estimate of drug-likeness (QED) is 0.571. The Hall–Kier alpha value is -1.63. The van der Waals surface area contributed by atoms with E-state index in [0.29, 0.717) is 13.0 Å². The van der Waals surface area contributed by atoms with Gasteiger partial charge in [-0.05, 0) is 12.8 Å².